The van der Waals surface area contributed by atoms with Crippen LogP contribution in [0.5, 0.6) is 5.75 Å². The van der Waals surface area contributed by atoms with Crippen molar-refractivity contribution < 1.29 is 9.47 Å². The molecule has 0 amide bonds. The first kappa shape index (κ1) is 17.8. The first-order chi connectivity index (χ1) is 13.4. The molecule has 1 fully saturated rings. The lowest BCUT2D eigenvalue weighted by atomic mass is 10.1. The smallest absolute Gasteiger partial charge is 0.120 e. The first-order valence-electron chi connectivity index (χ1n) is 9.51. The zero-order valence-electron chi connectivity index (χ0n) is 15.5. The van der Waals surface area contributed by atoms with E-state index in [0.29, 0.717) is 6.61 Å². The zero-order chi connectivity index (χ0) is 18.3. The fourth-order valence-corrected chi connectivity index (χ4v) is 3.43. The second-order valence-electron chi connectivity index (χ2n) is 6.93. The molecule has 0 radical (unpaired) electrons. The second kappa shape index (κ2) is 8.85. The van der Waals surface area contributed by atoms with Gasteiger partial charge < -0.3 is 9.47 Å². The topological polar surface area (TPSA) is 21.7 Å². The van der Waals surface area contributed by atoms with Crippen LogP contribution in [0.4, 0.5) is 0 Å². The lowest BCUT2D eigenvalue weighted by Crippen LogP contribution is -2.37. The number of hydrogen-bond acceptors (Lipinski definition) is 3. The Hall–Kier alpha value is -2.62. The van der Waals surface area contributed by atoms with Crippen LogP contribution in [-0.4, -0.2) is 24.6 Å². The minimum absolute atomic E-state index is 0.0859. The van der Waals surface area contributed by atoms with Gasteiger partial charge in [-0.1, -0.05) is 72.8 Å². The van der Waals surface area contributed by atoms with E-state index in [1.807, 2.05) is 24.3 Å². The highest BCUT2D eigenvalue weighted by molar-refractivity contribution is 5.31. The number of morpholine rings is 1. The Labute approximate surface area is 161 Å². The molecule has 0 aromatic heterocycles. The first-order valence-corrected chi connectivity index (χ1v) is 9.51. The number of ether oxygens (including phenoxy) is 2. The standard InChI is InChI=1S/C24H25NO2/c1-3-8-20(9-4-1)17-25-14-15-26-24(18-25)22-12-7-13-23(16-22)27-19-21-10-5-2-6-11-21/h1-13,16,24H,14-15,17-19H2. The summed E-state index contributed by atoms with van der Waals surface area (Å²) in [5.41, 5.74) is 3.70. The van der Waals surface area contributed by atoms with Gasteiger partial charge in [0.1, 0.15) is 12.4 Å². The maximum absolute atomic E-state index is 6.05. The van der Waals surface area contributed by atoms with Gasteiger partial charge in [0.15, 0.2) is 0 Å². The Balaban J connectivity index is 1.39. The van der Waals surface area contributed by atoms with Gasteiger partial charge in [-0.15, -0.1) is 0 Å². The molecule has 1 aliphatic rings. The minimum Gasteiger partial charge on any atom is -0.489 e. The van der Waals surface area contributed by atoms with Gasteiger partial charge in [-0.05, 0) is 28.8 Å². The Morgan fingerprint density at radius 2 is 1.59 bits per heavy atom. The van der Waals surface area contributed by atoms with Crippen LogP contribution in [0.2, 0.25) is 0 Å². The molecular weight excluding hydrogens is 334 g/mol. The molecule has 4 rings (SSSR count). The van der Waals surface area contributed by atoms with Gasteiger partial charge in [0.05, 0.1) is 12.7 Å². The highest BCUT2D eigenvalue weighted by Gasteiger charge is 2.22. The Morgan fingerprint density at radius 3 is 2.37 bits per heavy atom. The van der Waals surface area contributed by atoms with Gasteiger partial charge in [0, 0.05) is 19.6 Å². The van der Waals surface area contributed by atoms with E-state index in [1.165, 1.54) is 16.7 Å². The molecule has 0 N–H and O–H groups in total. The Morgan fingerprint density at radius 1 is 0.852 bits per heavy atom. The molecule has 0 bridgehead atoms. The normalized spacial score (nSPS) is 17.6. The summed E-state index contributed by atoms with van der Waals surface area (Å²) in [6.45, 7) is 4.17. The highest BCUT2D eigenvalue weighted by Crippen LogP contribution is 2.26. The number of benzene rings is 3. The van der Waals surface area contributed by atoms with E-state index in [0.717, 1.165) is 32.0 Å². The van der Waals surface area contributed by atoms with Crippen LogP contribution in [0, 0.1) is 0 Å². The average molecular weight is 359 g/mol. The van der Waals surface area contributed by atoms with Crippen molar-refractivity contribution in [3.63, 3.8) is 0 Å². The molecule has 1 aliphatic heterocycles. The predicted molar refractivity (Wildman–Crippen MR) is 108 cm³/mol. The molecule has 3 aromatic rings. The van der Waals surface area contributed by atoms with Crippen LogP contribution >= 0.6 is 0 Å². The summed E-state index contributed by atoms with van der Waals surface area (Å²) in [6.07, 6.45) is 0.0859. The molecule has 0 spiro atoms. The van der Waals surface area contributed by atoms with Crippen LogP contribution in [0.1, 0.15) is 22.8 Å². The van der Waals surface area contributed by atoms with E-state index in [-0.39, 0.29) is 6.10 Å². The van der Waals surface area contributed by atoms with Crippen LogP contribution in [0.25, 0.3) is 0 Å². The van der Waals surface area contributed by atoms with Crippen molar-refractivity contribution in [1.82, 2.24) is 4.90 Å². The summed E-state index contributed by atoms with van der Waals surface area (Å²) in [5.74, 6) is 0.889. The largest absolute Gasteiger partial charge is 0.489 e. The minimum atomic E-state index is 0.0859. The summed E-state index contributed by atoms with van der Waals surface area (Å²) >= 11 is 0. The molecular formula is C24H25NO2. The third kappa shape index (κ3) is 4.97. The molecule has 0 aliphatic carbocycles. The molecule has 1 atom stereocenters. The van der Waals surface area contributed by atoms with E-state index < -0.39 is 0 Å². The SMILES string of the molecule is c1ccc(COc2cccc(C3CN(Cc4ccccc4)CCO3)c2)cc1. The lowest BCUT2D eigenvalue weighted by Gasteiger charge is -2.33. The second-order valence-corrected chi connectivity index (χ2v) is 6.93. The summed E-state index contributed by atoms with van der Waals surface area (Å²) in [5, 5.41) is 0. The molecule has 3 aromatic carbocycles. The summed E-state index contributed by atoms with van der Waals surface area (Å²) in [6, 6.07) is 29.2. The lowest BCUT2D eigenvalue weighted by molar-refractivity contribution is -0.0330. The highest BCUT2D eigenvalue weighted by atomic mass is 16.5. The van der Waals surface area contributed by atoms with E-state index in [4.69, 9.17) is 9.47 Å². The molecule has 3 heteroatoms. The van der Waals surface area contributed by atoms with E-state index in [2.05, 4.69) is 65.6 Å². The van der Waals surface area contributed by atoms with E-state index in [1.54, 1.807) is 0 Å². The molecule has 1 heterocycles. The van der Waals surface area contributed by atoms with Crippen molar-refractivity contribution in [1.29, 1.82) is 0 Å². The van der Waals surface area contributed by atoms with Gasteiger partial charge in [-0.3, -0.25) is 4.90 Å². The van der Waals surface area contributed by atoms with Crippen LogP contribution in [0.15, 0.2) is 84.9 Å². The average Bonchev–Trinajstić information content (AvgIpc) is 2.74. The summed E-state index contributed by atoms with van der Waals surface area (Å²) < 4.78 is 12.0. The van der Waals surface area contributed by atoms with Crippen molar-refractivity contribution in [2.75, 3.05) is 19.7 Å². The summed E-state index contributed by atoms with van der Waals surface area (Å²) in [7, 11) is 0. The number of hydrogen-bond donors (Lipinski definition) is 0. The maximum atomic E-state index is 6.05. The van der Waals surface area contributed by atoms with Crippen molar-refractivity contribution in [3.8, 4) is 5.75 Å². The Bertz CT molecular complexity index is 835. The third-order valence-electron chi connectivity index (χ3n) is 4.88. The third-order valence-corrected chi connectivity index (χ3v) is 4.88. The Kier molecular flexibility index (Phi) is 5.83. The van der Waals surface area contributed by atoms with E-state index in [9.17, 15) is 0 Å². The van der Waals surface area contributed by atoms with Gasteiger partial charge in [0.25, 0.3) is 0 Å². The van der Waals surface area contributed by atoms with E-state index >= 15 is 0 Å². The molecule has 27 heavy (non-hydrogen) atoms. The van der Waals surface area contributed by atoms with Crippen molar-refractivity contribution >= 4 is 0 Å². The maximum Gasteiger partial charge on any atom is 0.120 e. The van der Waals surface area contributed by atoms with Gasteiger partial charge in [0.2, 0.25) is 0 Å². The number of nitrogens with zero attached hydrogens (tertiary/aromatic N) is 1. The molecule has 138 valence electrons. The van der Waals surface area contributed by atoms with Gasteiger partial charge >= 0.3 is 0 Å². The zero-order valence-corrected chi connectivity index (χ0v) is 15.5. The van der Waals surface area contributed by atoms with Crippen molar-refractivity contribution in [3.05, 3.63) is 102 Å². The molecule has 0 saturated carbocycles. The number of rotatable bonds is 6. The molecule has 1 unspecified atom stereocenters. The van der Waals surface area contributed by atoms with Crippen LogP contribution in [-0.2, 0) is 17.9 Å². The summed E-state index contributed by atoms with van der Waals surface area (Å²) in [4.78, 5) is 2.46. The molecule has 1 saturated heterocycles. The van der Waals surface area contributed by atoms with Crippen molar-refractivity contribution in [2.45, 2.75) is 19.3 Å². The van der Waals surface area contributed by atoms with Crippen LogP contribution in [0.3, 0.4) is 0 Å². The molecule has 3 nitrogen and oxygen atoms in total. The fourth-order valence-electron chi connectivity index (χ4n) is 3.43. The monoisotopic (exact) mass is 359 g/mol. The van der Waals surface area contributed by atoms with Gasteiger partial charge in [-0.2, -0.15) is 0 Å². The van der Waals surface area contributed by atoms with Crippen LogP contribution < -0.4 is 4.74 Å². The van der Waals surface area contributed by atoms with Crippen molar-refractivity contribution in [2.24, 2.45) is 0 Å². The quantitative estimate of drug-likeness (QED) is 0.629. The predicted octanol–water partition coefficient (Wildman–Crippen LogP) is 4.84. The fraction of sp³-hybridized carbons (Fsp3) is 0.250. The van der Waals surface area contributed by atoms with Gasteiger partial charge in [-0.25, -0.2) is 0 Å².